The molecule has 0 aliphatic rings. The Morgan fingerprint density at radius 3 is 1.32 bits per heavy atom. The minimum Gasteiger partial charge on any atom is -0.307 e. The summed E-state index contributed by atoms with van der Waals surface area (Å²) in [6, 6.07) is 37.0. The van der Waals surface area contributed by atoms with Crippen LogP contribution in [-0.2, 0) is 0 Å². The topological polar surface area (TPSA) is 46.5 Å². The van der Waals surface area contributed by atoms with Crippen LogP contribution in [0.2, 0.25) is 0 Å². The molecule has 3 heterocycles. The summed E-state index contributed by atoms with van der Waals surface area (Å²) in [7, 11) is 0. The van der Waals surface area contributed by atoms with Crippen molar-refractivity contribution in [1.82, 2.24) is 14.1 Å². The van der Waals surface area contributed by atoms with Gasteiger partial charge in [-0.3, -0.25) is 4.98 Å². The third kappa shape index (κ3) is 3.87. The van der Waals surface area contributed by atoms with Gasteiger partial charge in [0.1, 0.15) is 0 Å². The lowest BCUT2D eigenvalue weighted by molar-refractivity contribution is 1.09. The number of nitriles is 1. The minimum absolute atomic E-state index is 0.623. The number of benzene rings is 5. The van der Waals surface area contributed by atoms with Gasteiger partial charge in [-0.15, -0.1) is 0 Å². The van der Waals surface area contributed by atoms with Crippen molar-refractivity contribution in [2.75, 3.05) is 0 Å². The van der Waals surface area contributed by atoms with Gasteiger partial charge in [-0.2, -0.15) is 5.26 Å². The van der Waals surface area contributed by atoms with E-state index < -0.39 is 0 Å². The summed E-state index contributed by atoms with van der Waals surface area (Å²) < 4.78 is 4.69. The molecule has 4 heteroatoms. The normalized spacial score (nSPS) is 11.6. The van der Waals surface area contributed by atoms with Crippen LogP contribution in [0.15, 0.2) is 109 Å². The number of rotatable bonds is 3. The van der Waals surface area contributed by atoms with E-state index in [1.54, 1.807) is 0 Å². The summed E-state index contributed by atoms with van der Waals surface area (Å²) in [5.74, 6) is 0. The van der Waals surface area contributed by atoms with E-state index in [4.69, 9.17) is 4.98 Å². The van der Waals surface area contributed by atoms with E-state index in [1.807, 2.05) is 30.6 Å². The fourth-order valence-corrected chi connectivity index (χ4v) is 6.84. The van der Waals surface area contributed by atoms with Gasteiger partial charge in [-0.05, 0) is 93.9 Å². The molecule has 0 amide bonds. The maximum atomic E-state index is 9.91. The van der Waals surface area contributed by atoms with E-state index in [1.165, 1.54) is 43.8 Å². The molecule has 210 valence electrons. The molecule has 8 rings (SSSR count). The van der Waals surface area contributed by atoms with Gasteiger partial charge in [0, 0.05) is 27.1 Å². The van der Waals surface area contributed by atoms with Crippen molar-refractivity contribution in [1.29, 1.82) is 5.26 Å². The first-order valence-electron chi connectivity index (χ1n) is 14.9. The van der Waals surface area contributed by atoms with E-state index in [0.717, 1.165) is 44.6 Å². The molecule has 0 aliphatic heterocycles. The van der Waals surface area contributed by atoms with Crippen molar-refractivity contribution in [3.05, 3.63) is 137 Å². The monoisotopic (exact) mass is 566 g/mol. The van der Waals surface area contributed by atoms with E-state index in [0.29, 0.717) is 5.56 Å². The first kappa shape index (κ1) is 26.0. The molecule has 0 fully saturated rings. The molecule has 0 N–H and O–H groups in total. The van der Waals surface area contributed by atoms with E-state index >= 15 is 0 Å². The molecular weight excluding hydrogens is 536 g/mol. The fourth-order valence-electron chi connectivity index (χ4n) is 6.84. The van der Waals surface area contributed by atoms with Crippen LogP contribution in [0.4, 0.5) is 0 Å². The number of aromatic nitrogens is 3. The van der Waals surface area contributed by atoms with Crippen LogP contribution in [-0.4, -0.2) is 14.1 Å². The number of pyridine rings is 1. The van der Waals surface area contributed by atoms with Crippen LogP contribution in [0.25, 0.3) is 66.1 Å². The van der Waals surface area contributed by atoms with Gasteiger partial charge in [0.15, 0.2) is 0 Å². The van der Waals surface area contributed by atoms with Gasteiger partial charge < -0.3 is 9.13 Å². The standard InChI is InChI=1S/C40H30N4/c1-24-8-12-34-30(16-24)31-17-25(2)9-13-35(31)43(34)38-22-42-23-39(40(38)29-7-5-6-28(20-29)21-41)44-36-14-10-26(3)18-32(36)33-19-27(4)11-15-37(33)44/h5-20,22-23H,1-4H3. The predicted molar refractivity (Wildman–Crippen MR) is 182 cm³/mol. The Kier molecular flexibility index (Phi) is 5.73. The Labute approximate surface area is 256 Å². The largest absolute Gasteiger partial charge is 0.307 e. The summed E-state index contributed by atoms with van der Waals surface area (Å²) in [5.41, 5.74) is 14.0. The molecule has 8 aromatic rings. The van der Waals surface area contributed by atoms with Crippen molar-refractivity contribution < 1.29 is 0 Å². The van der Waals surface area contributed by atoms with Crippen LogP contribution in [0.5, 0.6) is 0 Å². The van der Waals surface area contributed by atoms with Crippen LogP contribution >= 0.6 is 0 Å². The first-order valence-corrected chi connectivity index (χ1v) is 14.9. The highest BCUT2D eigenvalue weighted by atomic mass is 15.0. The molecule has 3 aromatic heterocycles. The van der Waals surface area contributed by atoms with Gasteiger partial charge in [0.2, 0.25) is 0 Å². The van der Waals surface area contributed by atoms with E-state index in [2.05, 4.69) is 122 Å². The highest BCUT2D eigenvalue weighted by molar-refractivity contribution is 6.12. The zero-order valence-electron chi connectivity index (χ0n) is 25.2. The van der Waals surface area contributed by atoms with Crippen molar-refractivity contribution in [2.24, 2.45) is 0 Å². The molecule has 4 nitrogen and oxygen atoms in total. The summed E-state index contributed by atoms with van der Waals surface area (Å²) in [5, 5.41) is 14.8. The molecule has 44 heavy (non-hydrogen) atoms. The van der Waals surface area contributed by atoms with Crippen molar-refractivity contribution in [2.45, 2.75) is 27.7 Å². The van der Waals surface area contributed by atoms with Crippen molar-refractivity contribution >= 4 is 43.6 Å². The first-order chi connectivity index (χ1) is 21.4. The number of fused-ring (bicyclic) bond motifs is 6. The van der Waals surface area contributed by atoms with Crippen LogP contribution in [0.1, 0.15) is 27.8 Å². The molecule has 5 aromatic carbocycles. The smallest absolute Gasteiger partial charge is 0.0991 e. The van der Waals surface area contributed by atoms with Crippen LogP contribution < -0.4 is 0 Å². The van der Waals surface area contributed by atoms with Gasteiger partial charge in [0.25, 0.3) is 0 Å². The van der Waals surface area contributed by atoms with Crippen molar-refractivity contribution in [3.63, 3.8) is 0 Å². The van der Waals surface area contributed by atoms with Crippen LogP contribution in [0.3, 0.4) is 0 Å². The number of hydrogen-bond donors (Lipinski definition) is 0. The number of aryl methyl sites for hydroxylation is 4. The minimum atomic E-state index is 0.623. The lowest BCUT2D eigenvalue weighted by Gasteiger charge is -2.19. The Hall–Kier alpha value is -5.66. The van der Waals surface area contributed by atoms with E-state index in [9.17, 15) is 5.26 Å². The Bertz CT molecular complexity index is 2240. The van der Waals surface area contributed by atoms with Crippen LogP contribution in [0, 0.1) is 39.0 Å². The zero-order valence-corrected chi connectivity index (χ0v) is 25.2. The molecular formula is C40H30N4. The van der Waals surface area contributed by atoms with Gasteiger partial charge in [-0.25, -0.2) is 0 Å². The predicted octanol–water partition coefficient (Wildman–Crippen LogP) is 10.0. The average Bonchev–Trinajstić information content (AvgIpc) is 3.51. The summed E-state index contributed by atoms with van der Waals surface area (Å²) in [6.45, 7) is 8.58. The van der Waals surface area contributed by atoms with Gasteiger partial charge in [0.05, 0.1) is 57.5 Å². The van der Waals surface area contributed by atoms with Gasteiger partial charge >= 0.3 is 0 Å². The SMILES string of the molecule is Cc1ccc2c(c1)c1cc(C)ccc1n2-c1cncc(-n2c3ccc(C)cc3c3cc(C)ccc32)c1-c1cccc(C#N)c1. The quantitative estimate of drug-likeness (QED) is 0.214. The molecule has 0 saturated carbocycles. The summed E-state index contributed by atoms with van der Waals surface area (Å²) in [4.78, 5) is 4.92. The van der Waals surface area contributed by atoms with Crippen molar-refractivity contribution in [3.8, 4) is 28.6 Å². The second kappa shape index (κ2) is 9.69. The molecule has 0 atom stereocenters. The fraction of sp³-hybridized carbons (Fsp3) is 0.100. The molecule has 0 aliphatic carbocycles. The van der Waals surface area contributed by atoms with E-state index in [-0.39, 0.29) is 0 Å². The average molecular weight is 567 g/mol. The lowest BCUT2D eigenvalue weighted by Crippen LogP contribution is -2.05. The summed E-state index contributed by atoms with van der Waals surface area (Å²) in [6.07, 6.45) is 3.94. The number of nitrogens with zero attached hydrogens (tertiary/aromatic N) is 4. The highest BCUT2D eigenvalue weighted by Crippen LogP contribution is 2.42. The lowest BCUT2D eigenvalue weighted by atomic mass is 10.0. The molecule has 0 spiro atoms. The maximum Gasteiger partial charge on any atom is 0.0991 e. The Morgan fingerprint density at radius 1 is 0.523 bits per heavy atom. The highest BCUT2D eigenvalue weighted by Gasteiger charge is 2.22. The molecule has 0 radical (unpaired) electrons. The molecule has 0 saturated heterocycles. The second-order valence-electron chi connectivity index (χ2n) is 12.0. The Morgan fingerprint density at radius 2 is 0.932 bits per heavy atom. The Balaban J connectivity index is 1.57. The molecule has 0 unspecified atom stereocenters. The zero-order chi connectivity index (χ0) is 30.1. The summed E-state index contributed by atoms with van der Waals surface area (Å²) >= 11 is 0. The maximum absolute atomic E-state index is 9.91. The number of hydrogen-bond acceptors (Lipinski definition) is 2. The third-order valence-corrected chi connectivity index (χ3v) is 8.82. The third-order valence-electron chi connectivity index (χ3n) is 8.82. The molecule has 0 bridgehead atoms. The van der Waals surface area contributed by atoms with Gasteiger partial charge in [-0.1, -0.05) is 58.7 Å². The second-order valence-corrected chi connectivity index (χ2v) is 12.0.